The third-order valence-electron chi connectivity index (χ3n) is 4.21. The average Bonchev–Trinajstić information content (AvgIpc) is 2.83. The minimum Gasteiger partial charge on any atom is -0.465 e. The molecule has 0 fully saturated rings. The van der Waals surface area contributed by atoms with Gasteiger partial charge in [0.2, 0.25) is 16.8 Å². The van der Waals surface area contributed by atoms with Crippen LogP contribution in [0.2, 0.25) is 0 Å². The SMILES string of the molecule is CCOC(=O)Cn1cc(C(=O)OCC)c(=O)c2cc(N(C)C(C)=O)ccc(=O)c21. The van der Waals surface area contributed by atoms with Crippen LogP contribution in [0.1, 0.15) is 31.1 Å². The Morgan fingerprint density at radius 3 is 2.31 bits per heavy atom. The number of carbonyl (C=O) groups excluding carboxylic acids is 3. The van der Waals surface area contributed by atoms with Crippen LogP contribution in [-0.2, 0) is 25.6 Å². The normalized spacial score (nSPS) is 10.5. The first kappa shape index (κ1) is 21.8. The lowest BCUT2D eigenvalue weighted by Gasteiger charge is -2.14. The number of hydrogen-bond donors (Lipinski definition) is 0. The highest BCUT2D eigenvalue weighted by atomic mass is 16.5. The Kier molecular flexibility index (Phi) is 6.87. The van der Waals surface area contributed by atoms with E-state index < -0.39 is 22.8 Å². The molecule has 0 saturated heterocycles. The van der Waals surface area contributed by atoms with Gasteiger partial charge in [-0.3, -0.25) is 19.2 Å². The lowest BCUT2D eigenvalue weighted by molar-refractivity contribution is -0.143. The summed E-state index contributed by atoms with van der Waals surface area (Å²) < 4.78 is 11.0. The van der Waals surface area contributed by atoms with E-state index in [4.69, 9.17) is 9.47 Å². The summed E-state index contributed by atoms with van der Waals surface area (Å²) in [4.78, 5) is 62.9. The molecule has 0 radical (unpaired) electrons. The minimum atomic E-state index is -0.877. The predicted octanol–water partition coefficient (Wildman–Crippen LogP) is 1.08. The molecule has 2 aromatic rings. The molecule has 1 aromatic carbocycles. The monoisotopic (exact) mass is 402 g/mol. The molecule has 0 bridgehead atoms. The zero-order chi connectivity index (χ0) is 21.7. The van der Waals surface area contributed by atoms with E-state index in [0.29, 0.717) is 0 Å². The number of ether oxygens (including phenoxy) is 2. The maximum absolute atomic E-state index is 13.0. The topological polar surface area (TPSA) is 112 Å². The Balaban J connectivity index is 2.91. The van der Waals surface area contributed by atoms with E-state index in [1.165, 1.54) is 41.6 Å². The summed E-state index contributed by atoms with van der Waals surface area (Å²) in [5.74, 6) is -1.83. The first-order valence-corrected chi connectivity index (χ1v) is 8.99. The van der Waals surface area contributed by atoms with Crippen LogP contribution in [0.4, 0.5) is 5.69 Å². The first-order valence-electron chi connectivity index (χ1n) is 8.99. The van der Waals surface area contributed by atoms with E-state index in [2.05, 4.69) is 0 Å². The van der Waals surface area contributed by atoms with Crippen molar-refractivity contribution in [1.29, 1.82) is 0 Å². The zero-order valence-corrected chi connectivity index (χ0v) is 16.7. The molecule has 0 spiro atoms. The fourth-order valence-corrected chi connectivity index (χ4v) is 2.75. The molecule has 29 heavy (non-hydrogen) atoms. The first-order chi connectivity index (χ1) is 13.7. The smallest absolute Gasteiger partial charge is 0.343 e. The number of fused-ring (bicyclic) bond motifs is 1. The molecule has 1 aromatic heterocycles. The van der Waals surface area contributed by atoms with E-state index in [-0.39, 0.29) is 47.8 Å². The van der Waals surface area contributed by atoms with Crippen LogP contribution in [0.5, 0.6) is 0 Å². The number of hydrogen-bond acceptors (Lipinski definition) is 7. The molecule has 0 N–H and O–H groups in total. The van der Waals surface area contributed by atoms with Crippen molar-refractivity contribution in [3.05, 3.63) is 50.4 Å². The molecule has 0 saturated carbocycles. The number of rotatable bonds is 6. The van der Waals surface area contributed by atoms with E-state index in [1.54, 1.807) is 13.8 Å². The summed E-state index contributed by atoms with van der Waals surface area (Å²) in [6.07, 6.45) is 1.12. The van der Waals surface area contributed by atoms with Crippen molar-refractivity contribution >= 4 is 34.4 Å². The number of nitrogens with zero attached hydrogens (tertiary/aromatic N) is 2. The second-order valence-corrected chi connectivity index (χ2v) is 6.13. The third kappa shape index (κ3) is 4.68. The Morgan fingerprint density at radius 2 is 1.72 bits per heavy atom. The van der Waals surface area contributed by atoms with Gasteiger partial charge in [0.25, 0.3) is 0 Å². The summed E-state index contributed by atoms with van der Waals surface area (Å²) >= 11 is 0. The minimum absolute atomic E-state index is 0.0435. The van der Waals surface area contributed by atoms with Gasteiger partial charge in [0.05, 0.1) is 18.6 Å². The average molecular weight is 402 g/mol. The Hall–Kier alpha value is -3.49. The Labute approximate surface area is 166 Å². The molecule has 0 unspecified atom stereocenters. The van der Waals surface area contributed by atoms with Gasteiger partial charge < -0.3 is 18.9 Å². The zero-order valence-electron chi connectivity index (χ0n) is 16.7. The Bertz CT molecular complexity index is 1090. The van der Waals surface area contributed by atoms with Crippen LogP contribution in [0.25, 0.3) is 10.9 Å². The van der Waals surface area contributed by atoms with Crippen LogP contribution in [-0.4, -0.2) is 42.7 Å². The quantitative estimate of drug-likeness (QED) is 0.665. The van der Waals surface area contributed by atoms with E-state index >= 15 is 0 Å². The fraction of sp³-hybridized carbons (Fsp3) is 0.350. The number of aromatic nitrogens is 1. The highest BCUT2D eigenvalue weighted by Gasteiger charge is 2.20. The van der Waals surface area contributed by atoms with Crippen molar-refractivity contribution in [2.45, 2.75) is 27.3 Å². The van der Waals surface area contributed by atoms with Crippen LogP contribution in [0.3, 0.4) is 0 Å². The van der Waals surface area contributed by atoms with Gasteiger partial charge in [-0.2, -0.15) is 0 Å². The van der Waals surface area contributed by atoms with Gasteiger partial charge in [-0.15, -0.1) is 0 Å². The van der Waals surface area contributed by atoms with E-state index in [0.717, 1.165) is 6.20 Å². The predicted molar refractivity (Wildman–Crippen MR) is 106 cm³/mol. The Morgan fingerprint density at radius 1 is 1.07 bits per heavy atom. The lowest BCUT2D eigenvalue weighted by atomic mass is 10.1. The highest BCUT2D eigenvalue weighted by molar-refractivity contribution is 5.96. The van der Waals surface area contributed by atoms with Gasteiger partial charge in [0.15, 0.2) is 0 Å². The van der Waals surface area contributed by atoms with E-state index in [9.17, 15) is 24.0 Å². The molecular formula is C20H22N2O7. The molecule has 9 heteroatoms. The van der Waals surface area contributed by atoms with Gasteiger partial charge in [0, 0.05) is 25.9 Å². The fourth-order valence-electron chi connectivity index (χ4n) is 2.75. The van der Waals surface area contributed by atoms with Crippen LogP contribution in [0, 0.1) is 0 Å². The maximum Gasteiger partial charge on any atom is 0.343 e. The van der Waals surface area contributed by atoms with Crippen molar-refractivity contribution < 1.29 is 23.9 Å². The van der Waals surface area contributed by atoms with Crippen LogP contribution < -0.4 is 15.8 Å². The maximum atomic E-state index is 13.0. The van der Waals surface area contributed by atoms with Gasteiger partial charge in [-0.25, -0.2) is 4.79 Å². The van der Waals surface area contributed by atoms with Gasteiger partial charge in [0.1, 0.15) is 17.6 Å². The summed E-state index contributed by atoms with van der Waals surface area (Å²) in [6, 6.07) is 3.93. The molecule has 1 amide bonds. The van der Waals surface area contributed by atoms with Gasteiger partial charge >= 0.3 is 11.9 Å². The lowest BCUT2D eigenvalue weighted by Crippen LogP contribution is -2.25. The van der Waals surface area contributed by atoms with Crippen molar-refractivity contribution in [1.82, 2.24) is 4.57 Å². The van der Waals surface area contributed by atoms with Crippen molar-refractivity contribution in [3.8, 4) is 0 Å². The molecule has 1 heterocycles. The van der Waals surface area contributed by atoms with Gasteiger partial charge in [-0.05, 0) is 32.0 Å². The largest absolute Gasteiger partial charge is 0.465 e. The molecule has 0 atom stereocenters. The van der Waals surface area contributed by atoms with Crippen LogP contribution >= 0.6 is 0 Å². The summed E-state index contributed by atoms with van der Waals surface area (Å²) in [5.41, 5.74) is -1.42. The second-order valence-electron chi connectivity index (χ2n) is 6.13. The number of carbonyl (C=O) groups is 3. The second kappa shape index (κ2) is 9.13. The van der Waals surface area contributed by atoms with E-state index in [1.807, 2.05) is 0 Å². The van der Waals surface area contributed by atoms with Crippen LogP contribution in [0.15, 0.2) is 34.0 Å². The molecule has 0 aliphatic rings. The summed E-state index contributed by atoms with van der Waals surface area (Å²) in [6.45, 7) is 4.35. The van der Waals surface area contributed by atoms with Crippen molar-refractivity contribution in [2.75, 3.05) is 25.2 Å². The number of esters is 2. The summed E-state index contributed by atoms with van der Waals surface area (Å²) in [7, 11) is 1.49. The number of anilines is 1. The van der Waals surface area contributed by atoms with Crippen molar-refractivity contribution in [2.24, 2.45) is 0 Å². The summed E-state index contributed by atoms with van der Waals surface area (Å²) in [5, 5.41) is -0.113. The number of pyridine rings is 1. The molecular weight excluding hydrogens is 380 g/mol. The molecule has 0 aliphatic heterocycles. The standard InChI is InChI=1S/C20H22N2O7/c1-5-28-17(25)11-22-10-15(20(27)29-6-2)19(26)14-9-13(21(4)12(3)23)7-8-16(24)18(14)22/h7-10H,5-6,11H2,1-4H3. The van der Waals surface area contributed by atoms with Crippen molar-refractivity contribution in [3.63, 3.8) is 0 Å². The molecule has 2 rings (SSSR count). The molecule has 9 nitrogen and oxygen atoms in total. The molecule has 0 aliphatic carbocycles. The number of amides is 1. The highest BCUT2D eigenvalue weighted by Crippen LogP contribution is 2.16. The van der Waals surface area contributed by atoms with Gasteiger partial charge in [-0.1, -0.05) is 0 Å². The molecule has 154 valence electrons. The third-order valence-corrected chi connectivity index (χ3v) is 4.21.